The molecule has 1 fully saturated rings. The summed E-state index contributed by atoms with van der Waals surface area (Å²) in [6, 6.07) is 35.3. The molecule has 0 amide bonds. The number of aryl methyl sites for hydroxylation is 1. The van der Waals surface area contributed by atoms with Crippen molar-refractivity contribution in [3.05, 3.63) is 119 Å². The standard InChI is InChI=1S/C29H26N3OP/c33-29-31-27-21-30-22(20-28(27)32(29)23-16-17-23)18-19-34(24-10-4-1-5-11-24,25-12-6-2-7-13-25)26-14-8-3-9-15-26/h1-15,20-21,23H,16-19H2/p+1. The summed E-state index contributed by atoms with van der Waals surface area (Å²) >= 11 is 0. The molecule has 0 unspecified atom stereocenters. The third kappa shape index (κ3) is 3.69. The first kappa shape index (κ1) is 21.1. The first-order valence-corrected chi connectivity index (χ1v) is 13.9. The Morgan fingerprint density at radius 1 is 0.824 bits per heavy atom. The van der Waals surface area contributed by atoms with Crippen LogP contribution in [0.4, 0.5) is 0 Å². The molecule has 0 bridgehead atoms. The summed E-state index contributed by atoms with van der Waals surface area (Å²) in [5.74, 6) is 0. The quantitative estimate of drug-likeness (QED) is 0.358. The minimum atomic E-state index is -1.91. The number of nitrogens with zero attached hydrogens (tertiary/aromatic N) is 2. The Kier molecular flexibility index (Phi) is 5.39. The Bertz CT molecular complexity index is 1380. The van der Waals surface area contributed by atoms with E-state index in [9.17, 15) is 4.79 Å². The largest absolute Gasteiger partial charge is 0.326 e. The average molecular weight is 465 g/mol. The molecule has 1 N–H and O–H groups in total. The average Bonchev–Trinajstić information content (AvgIpc) is 3.68. The number of imidazole rings is 1. The van der Waals surface area contributed by atoms with Gasteiger partial charge >= 0.3 is 5.69 Å². The van der Waals surface area contributed by atoms with E-state index in [1.807, 2.05) is 10.8 Å². The van der Waals surface area contributed by atoms with Gasteiger partial charge in [-0.2, -0.15) is 0 Å². The maximum Gasteiger partial charge on any atom is 0.326 e. The van der Waals surface area contributed by atoms with Crippen molar-refractivity contribution >= 4 is 34.2 Å². The number of H-pyrrole nitrogens is 1. The van der Waals surface area contributed by atoms with Crippen molar-refractivity contribution in [3.63, 3.8) is 0 Å². The Balaban J connectivity index is 1.47. The summed E-state index contributed by atoms with van der Waals surface area (Å²) < 4.78 is 1.93. The zero-order chi connectivity index (χ0) is 23.0. The predicted molar refractivity (Wildman–Crippen MR) is 142 cm³/mol. The van der Waals surface area contributed by atoms with Crippen LogP contribution in [0.1, 0.15) is 24.6 Å². The zero-order valence-electron chi connectivity index (χ0n) is 19.0. The van der Waals surface area contributed by atoms with Crippen LogP contribution in [-0.4, -0.2) is 20.7 Å². The first-order chi connectivity index (χ1) is 16.8. The number of rotatable bonds is 7. The Morgan fingerprint density at radius 3 is 1.85 bits per heavy atom. The molecule has 0 aliphatic heterocycles. The summed E-state index contributed by atoms with van der Waals surface area (Å²) in [5, 5.41) is 4.14. The lowest BCUT2D eigenvalue weighted by atomic mass is 10.2. The van der Waals surface area contributed by atoms with E-state index in [0.29, 0.717) is 6.04 Å². The third-order valence-corrected chi connectivity index (χ3v) is 11.3. The molecule has 0 radical (unpaired) electrons. The van der Waals surface area contributed by atoms with Gasteiger partial charge in [0.25, 0.3) is 0 Å². The van der Waals surface area contributed by atoms with Gasteiger partial charge in [-0.15, -0.1) is 0 Å². The number of aromatic amines is 1. The van der Waals surface area contributed by atoms with Crippen molar-refractivity contribution in [1.82, 2.24) is 14.5 Å². The van der Waals surface area contributed by atoms with Crippen molar-refractivity contribution in [3.8, 4) is 0 Å². The molecule has 168 valence electrons. The second kappa shape index (κ2) is 8.70. The fourth-order valence-corrected chi connectivity index (χ4v) is 9.34. The zero-order valence-corrected chi connectivity index (χ0v) is 19.9. The Labute approximate surface area is 199 Å². The van der Waals surface area contributed by atoms with E-state index < -0.39 is 7.26 Å². The molecule has 1 aliphatic rings. The van der Waals surface area contributed by atoms with Gasteiger partial charge in [0.1, 0.15) is 23.2 Å². The Hall–Kier alpha value is -3.49. The van der Waals surface area contributed by atoms with Crippen LogP contribution in [0.25, 0.3) is 11.0 Å². The molecular formula is C29H27N3OP+. The van der Waals surface area contributed by atoms with Crippen LogP contribution in [0.2, 0.25) is 0 Å². The molecule has 5 aromatic rings. The number of benzene rings is 3. The van der Waals surface area contributed by atoms with Crippen molar-refractivity contribution in [1.29, 1.82) is 0 Å². The minimum absolute atomic E-state index is 0.0175. The molecule has 4 nitrogen and oxygen atoms in total. The maximum atomic E-state index is 12.5. The van der Waals surface area contributed by atoms with E-state index in [-0.39, 0.29) is 5.69 Å². The van der Waals surface area contributed by atoms with Gasteiger partial charge in [0.15, 0.2) is 0 Å². The summed E-state index contributed by atoms with van der Waals surface area (Å²) in [7, 11) is -1.91. The second-order valence-corrected chi connectivity index (χ2v) is 12.6. The maximum absolute atomic E-state index is 12.5. The van der Waals surface area contributed by atoms with E-state index in [0.717, 1.165) is 42.2 Å². The van der Waals surface area contributed by atoms with Crippen molar-refractivity contribution in [2.24, 2.45) is 0 Å². The Morgan fingerprint density at radius 2 is 1.35 bits per heavy atom. The molecule has 2 heterocycles. The normalized spacial score (nSPS) is 13.9. The van der Waals surface area contributed by atoms with Crippen molar-refractivity contribution in [2.45, 2.75) is 25.3 Å². The molecule has 3 aromatic carbocycles. The van der Waals surface area contributed by atoms with Crippen LogP contribution in [0, 0.1) is 0 Å². The van der Waals surface area contributed by atoms with E-state index in [2.05, 4.69) is 102 Å². The molecule has 5 heteroatoms. The summed E-state index contributed by atoms with van der Waals surface area (Å²) in [6.07, 6.45) is 5.80. The highest BCUT2D eigenvalue weighted by molar-refractivity contribution is 7.95. The first-order valence-electron chi connectivity index (χ1n) is 11.9. The molecule has 0 atom stereocenters. The van der Waals surface area contributed by atoms with E-state index in [1.54, 1.807) is 0 Å². The molecule has 6 rings (SSSR count). The number of hydrogen-bond donors (Lipinski definition) is 1. The lowest BCUT2D eigenvalue weighted by molar-refractivity contribution is 0.733. The monoisotopic (exact) mass is 464 g/mol. The van der Waals surface area contributed by atoms with E-state index >= 15 is 0 Å². The number of aromatic nitrogens is 3. The highest BCUT2D eigenvalue weighted by Crippen LogP contribution is 2.55. The fraction of sp³-hybridized carbons (Fsp3) is 0.172. The molecule has 0 saturated heterocycles. The highest BCUT2D eigenvalue weighted by Gasteiger charge is 2.44. The summed E-state index contributed by atoms with van der Waals surface area (Å²) in [6.45, 7) is 0. The molecule has 1 aliphatic carbocycles. The number of fused-ring (bicyclic) bond motifs is 1. The van der Waals surface area contributed by atoms with Crippen LogP contribution in [-0.2, 0) is 6.42 Å². The van der Waals surface area contributed by atoms with Crippen LogP contribution in [0.15, 0.2) is 108 Å². The molecular weight excluding hydrogens is 437 g/mol. The van der Waals surface area contributed by atoms with Gasteiger partial charge in [-0.1, -0.05) is 54.6 Å². The van der Waals surface area contributed by atoms with E-state index in [4.69, 9.17) is 4.98 Å². The van der Waals surface area contributed by atoms with Crippen molar-refractivity contribution in [2.75, 3.05) is 6.16 Å². The van der Waals surface area contributed by atoms with Gasteiger partial charge in [0.05, 0.1) is 23.4 Å². The molecule has 1 saturated carbocycles. The predicted octanol–water partition coefficient (Wildman–Crippen LogP) is 4.60. The summed E-state index contributed by atoms with van der Waals surface area (Å²) in [4.78, 5) is 20.2. The van der Waals surface area contributed by atoms with Crippen molar-refractivity contribution < 1.29 is 0 Å². The molecule has 34 heavy (non-hydrogen) atoms. The molecule has 2 aromatic heterocycles. The topological polar surface area (TPSA) is 50.7 Å². The third-order valence-electron chi connectivity index (χ3n) is 6.86. The highest BCUT2D eigenvalue weighted by atomic mass is 31.2. The number of hydrogen-bond acceptors (Lipinski definition) is 2. The van der Waals surface area contributed by atoms with Gasteiger partial charge in [-0.05, 0) is 55.3 Å². The lowest BCUT2D eigenvalue weighted by Gasteiger charge is -2.27. The van der Waals surface area contributed by atoms with Crippen LogP contribution in [0.5, 0.6) is 0 Å². The lowest BCUT2D eigenvalue weighted by Crippen LogP contribution is -2.34. The number of pyridine rings is 1. The van der Waals surface area contributed by atoms with Crippen LogP contribution < -0.4 is 21.6 Å². The fourth-order valence-electron chi connectivity index (χ4n) is 5.06. The minimum Gasteiger partial charge on any atom is -0.304 e. The SMILES string of the molecule is O=c1[nH]c2cnc(CC[P+](c3ccccc3)(c3ccccc3)c3ccccc3)cc2n1C1CC1. The smallest absolute Gasteiger partial charge is 0.304 e. The second-order valence-electron chi connectivity index (χ2n) is 9.01. The molecule has 0 spiro atoms. The number of nitrogens with one attached hydrogen (secondary N) is 1. The summed E-state index contributed by atoms with van der Waals surface area (Å²) in [5.41, 5.74) is 2.83. The van der Waals surface area contributed by atoms with Gasteiger partial charge in [0.2, 0.25) is 0 Å². The van der Waals surface area contributed by atoms with E-state index in [1.165, 1.54) is 15.9 Å². The van der Waals surface area contributed by atoms with Crippen LogP contribution >= 0.6 is 7.26 Å². The van der Waals surface area contributed by atoms with Gasteiger partial charge in [0, 0.05) is 18.2 Å². The van der Waals surface area contributed by atoms with Gasteiger partial charge < -0.3 is 4.98 Å². The van der Waals surface area contributed by atoms with Gasteiger partial charge in [-0.3, -0.25) is 9.55 Å². The van der Waals surface area contributed by atoms with Crippen LogP contribution in [0.3, 0.4) is 0 Å². The van der Waals surface area contributed by atoms with Gasteiger partial charge in [-0.25, -0.2) is 4.79 Å².